The molecule has 7 nitrogen and oxygen atoms in total. The maximum absolute atomic E-state index is 12.8. The van der Waals surface area contributed by atoms with Gasteiger partial charge in [-0.1, -0.05) is 6.92 Å². The standard InChI is InChI=1S/C20H30N4O3/c1-3-16-18(21-14-27-16)19(26)23-10-7-20(8-11-23)6-4-17(25)24(13-20)15-5-9-22(2)12-15/h14-15H,3-13H2,1-2H3/t15-/m1/s1. The molecule has 0 bridgehead atoms. The maximum atomic E-state index is 12.8. The summed E-state index contributed by atoms with van der Waals surface area (Å²) in [5.74, 6) is 0.964. The molecule has 0 aromatic carbocycles. The molecule has 27 heavy (non-hydrogen) atoms. The number of aromatic nitrogens is 1. The molecule has 0 aliphatic carbocycles. The third-order valence-electron chi connectivity index (χ3n) is 6.78. The minimum Gasteiger partial charge on any atom is -0.448 e. The van der Waals surface area contributed by atoms with E-state index in [0.29, 0.717) is 36.2 Å². The number of aryl methyl sites for hydroxylation is 1. The second-order valence-corrected chi connectivity index (χ2v) is 8.50. The van der Waals surface area contributed by atoms with Crippen molar-refractivity contribution in [1.29, 1.82) is 0 Å². The molecule has 0 radical (unpaired) electrons. The zero-order valence-corrected chi connectivity index (χ0v) is 16.4. The number of piperidine rings is 2. The van der Waals surface area contributed by atoms with Crippen molar-refractivity contribution in [3.63, 3.8) is 0 Å². The van der Waals surface area contributed by atoms with Crippen molar-refractivity contribution in [3.05, 3.63) is 17.8 Å². The van der Waals surface area contributed by atoms with Crippen LogP contribution in [0.15, 0.2) is 10.8 Å². The van der Waals surface area contributed by atoms with Gasteiger partial charge in [0.15, 0.2) is 12.1 Å². The van der Waals surface area contributed by atoms with Crippen LogP contribution in [0.25, 0.3) is 0 Å². The van der Waals surface area contributed by atoms with Gasteiger partial charge >= 0.3 is 0 Å². The number of rotatable bonds is 3. The van der Waals surface area contributed by atoms with Crippen molar-refractivity contribution < 1.29 is 14.0 Å². The summed E-state index contributed by atoms with van der Waals surface area (Å²) in [7, 11) is 2.13. The Kier molecular flexibility index (Phi) is 4.97. The summed E-state index contributed by atoms with van der Waals surface area (Å²) in [5.41, 5.74) is 0.631. The normalized spacial score (nSPS) is 26.1. The van der Waals surface area contributed by atoms with Gasteiger partial charge in [0.05, 0.1) is 0 Å². The Labute approximate surface area is 160 Å². The molecule has 0 unspecified atom stereocenters. The molecule has 3 aliphatic rings. The minimum atomic E-state index is -0.0170. The average Bonchev–Trinajstić information content (AvgIpc) is 3.33. The molecule has 1 aromatic heterocycles. The summed E-state index contributed by atoms with van der Waals surface area (Å²) >= 11 is 0. The van der Waals surface area contributed by atoms with Crippen molar-refractivity contribution in [2.45, 2.75) is 51.5 Å². The smallest absolute Gasteiger partial charge is 0.276 e. The van der Waals surface area contributed by atoms with Crippen molar-refractivity contribution in [1.82, 2.24) is 19.7 Å². The van der Waals surface area contributed by atoms with Crippen LogP contribution in [-0.2, 0) is 11.2 Å². The van der Waals surface area contributed by atoms with Gasteiger partial charge in [-0.25, -0.2) is 4.98 Å². The van der Waals surface area contributed by atoms with Gasteiger partial charge in [0.2, 0.25) is 5.91 Å². The highest BCUT2D eigenvalue weighted by atomic mass is 16.3. The summed E-state index contributed by atoms with van der Waals surface area (Å²) in [6.07, 6.45) is 6.64. The quantitative estimate of drug-likeness (QED) is 0.807. The summed E-state index contributed by atoms with van der Waals surface area (Å²) in [5, 5.41) is 0. The molecule has 3 aliphatic heterocycles. The summed E-state index contributed by atoms with van der Waals surface area (Å²) < 4.78 is 5.32. The molecule has 0 saturated carbocycles. The summed E-state index contributed by atoms with van der Waals surface area (Å²) in [6.45, 7) is 6.36. The number of nitrogens with zero attached hydrogens (tertiary/aromatic N) is 4. The third kappa shape index (κ3) is 3.49. The fourth-order valence-corrected chi connectivity index (χ4v) is 4.98. The number of hydrogen-bond donors (Lipinski definition) is 0. The molecule has 4 rings (SSSR count). The van der Waals surface area contributed by atoms with Gasteiger partial charge in [-0.15, -0.1) is 0 Å². The van der Waals surface area contributed by atoms with Gasteiger partial charge in [-0.2, -0.15) is 0 Å². The predicted molar refractivity (Wildman–Crippen MR) is 100 cm³/mol. The van der Waals surface area contributed by atoms with E-state index in [2.05, 4.69) is 21.8 Å². The lowest BCUT2D eigenvalue weighted by molar-refractivity contribution is -0.141. The second-order valence-electron chi connectivity index (χ2n) is 8.50. The number of hydrogen-bond acceptors (Lipinski definition) is 5. The van der Waals surface area contributed by atoms with Crippen LogP contribution in [-0.4, -0.2) is 77.3 Å². The Balaban J connectivity index is 1.40. The summed E-state index contributed by atoms with van der Waals surface area (Å²) in [4.78, 5) is 35.8. The fourth-order valence-electron chi connectivity index (χ4n) is 4.98. The van der Waals surface area contributed by atoms with Gasteiger partial charge < -0.3 is 19.1 Å². The highest BCUT2D eigenvalue weighted by Gasteiger charge is 2.44. The van der Waals surface area contributed by atoms with Gasteiger partial charge in [-0.05, 0) is 44.7 Å². The molecule has 148 valence electrons. The van der Waals surface area contributed by atoms with E-state index in [9.17, 15) is 9.59 Å². The largest absolute Gasteiger partial charge is 0.448 e. The van der Waals surface area contributed by atoms with E-state index in [4.69, 9.17) is 4.42 Å². The van der Waals surface area contributed by atoms with Crippen LogP contribution >= 0.6 is 0 Å². The molecule has 1 aromatic rings. The third-order valence-corrected chi connectivity index (χ3v) is 6.78. The topological polar surface area (TPSA) is 69.9 Å². The maximum Gasteiger partial charge on any atom is 0.276 e. The molecule has 2 amide bonds. The van der Waals surface area contributed by atoms with E-state index >= 15 is 0 Å². The first-order valence-corrected chi connectivity index (χ1v) is 10.2. The monoisotopic (exact) mass is 374 g/mol. The van der Waals surface area contributed by atoms with Crippen molar-refractivity contribution in [2.75, 3.05) is 39.8 Å². The van der Waals surface area contributed by atoms with Crippen LogP contribution in [0.1, 0.15) is 55.3 Å². The molecule has 7 heteroatoms. The zero-order valence-electron chi connectivity index (χ0n) is 16.4. The number of amides is 2. The van der Waals surface area contributed by atoms with E-state index in [1.807, 2.05) is 11.8 Å². The van der Waals surface area contributed by atoms with Crippen LogP contribution in [0.5, 0.6) is 0 Å². The lowest BCUT2D eigenvalue weighted by Crippen LogP contribution is -2.55. The van der Waals surface area contributed by atoms with E-state index in [1.54, 1.807) is 0 Å². The second kappa shape index (κ2) is 7.26. The van der Waals surface area contributed by atoms with Gasteiger partial charge in [0.1, 0.15) is 5.76 Å². The SMILES string of the molecule is CCc1ocnc1C(=O)N1CCC2(CCC(=O)N([C@@H]3CCN(C)C3)C2)CC1. The van der Waals surface area contributed by atoms with Crippen molar-refractivity contribution >= 4 is 11.8 Å². The molecule has 1 spiro atoms. The summed E-state index contributed by atoms with van der Waals surface area (Å²) in [6, 6.07) is 0.363. The molecule has 3 fully saturated rings. The number of oxazole rings is 1. The molecule has 1 atom stereocenters. The molecular formula is C20H30N4O3. The first-order valence-electron chi connectivity index (χ1n) is 10.2. The molecule has 3 saturated heterocycles. The van der Waals surface area contributed by atoms with Crippen LogP contribution in [0.2, 0.25) is 0 Å². The Morgan fingerprint density at radius 1 is 1.30 bits per heavy atom. The van der Waals surface area contributed by atoms with Crippen LogP contribution in [0.3, 0.4) is 0 Å². The first kappa shape index (κ1) is 18.5. The van der Waals surface area contributed by atoms with Crippen molar-refractivity contribution in [3.8, 4) is 0 Å². The number of carbonyl (C=O) groups is 2. The highest BCUT2D eigenvalue weighted by Crippen LogP contribution is 2.41. The lowest BCUT2D eigenvalue weighted by Gasteiger charge is -2.48. The van der Waals surface area contributed by atoms with Crippen LogP contribution in [0.4, 0.5) is 0 Å². The Morgan fingerprint density at radius 2 is 2.07 bits per heavy atom. The average molecular weight is 374 g/mol. The van der Waals surface area contributed by atoms with Crippen molar-refractivity contribution in [2.24, 2.45) is 5.41 Å². The fraction of sp³-hybridized carbons (Fsp3) is 0.750. The van der Waals surface area contributed by atoms with E-state index < -0.39 is 0 Å². The van der Waals surface area contributed by atoms with E-state index in [0.717, 1.165) is 58.4 Å². The number of likely N-dealkylation sites (tertiary alicyclic amines) is 3. The highest BCUT2D eigenvalue weighted by molar-refractivity contribution is 5.93. The Hall–Kier alpha value is -1.89. The molecule has 4 heterocycles. The molecular weight excluding hydrogens is 344 g/mol. The minimum absolute atomic E-state index is 0.0170. The van der Waals surface area contributed by atoms with Crippen LogP contribution in [0, 0.1) is 5.41 Å². The lowest BCUT2D eigenvalue weighted by atomic mass is 9.72. The predicted octanol–water partition coefficient (Wildman–Crippen LogP) is 1.79. The van der Waals surface area contributed by atoms with Gasteiger partial charge in [0, 0.05) is 45.1 Å². The number of carbonyl (C=O) groups excluding carboxylic acids is 2. The van der Waals surface area contributed by atoms with Gasteiger partial charge in [0.25, 0.3) is 5.91 Å². The zero-order chi connectivity index (χ0) is 19.0. The van der Waals surface area contributed by atoms with E-state index in [-0.39, 0.29) is 11.3 Å². The first-order chi connectivity index (χ1) is 13.0. The number of likely N-dealkylation sites (N-methyl/N-ethyl adjacent to an activating group) is 1. The van der Waals surface area contributed by atoms with Crippen LogP contribution < -0.4 is 0 Å². The van der Waals surface area contributed by atoms with Gasteiger partial charge in [-0.3, -0.25) is 9.59 Å². The molecule has 0 N–H and O–H groups in total. The Morgan fingerprint density at radius 3 is 2.74 bits per heavy atom. The van der Waals surface area contributed by atoms with E-state index in [1.165, 1.54) is 6.39 Å². The Bertz CT molecular complexity index is 708.